The molecule has 0 bridgehead atoms. The second-order valence-corrected chi connectivity index (χ2v) is 6.22. The Morgan fingerprint density at radius 3 is 3.04 bits per heavy atom. The lowest BCUT2D eigenvalue weighted by molar-refractivity contribution is 0.144. The Balaban J connectivity index is 1.68. The smallest absolute Gasteiger partial charge is 0.134 e. The van der Waals surface area contributed by atoms with E-state index < -0.39 is 0 Å². The second kappa shape index (κ2) is 5.83. The summed E-state index contributed by atoms with van der Waals surface area (Å²) in [6.07, 6.45) is 3.89. The summed E-state index contributed by atoms with van der Waals surface area (Å²) in [6.45, 7) is 5.90. The molecule has 4 rings (SSSR count). The van der Waals surface area contributed by atoms with Crippen molar-refractivity contribution in [3.8, 4) is 0 Å². The SMILES string of the molecule is Cc1oc2ccccc2c1CN1CCNCC1c1nccn1C. The maximum Gasteiger partial charge on any atom is 0.134 e. The Hall–Kier alpha value is -2.11. The summed E-state index contributed by atoms with van der Waals surface area (Å²) in [6, 6.07) is 8.58. The Labute approximate surface area is 135 Å². The molecular weight excluding hydrogens is 288 g/mol. The second-order valence-electron chi connectivity index (χ2n) is 6.22. The van der Waals surface area contributed by atoms with Crippen molar-refractivity contribution in [2.75, 3.05) is 19.6 Å². The number of piperazine rings is 1. The van der Waals surface area contributed by atoms with Crippen molar-refractivity contribution in [2.45, 2.75) is 19.5 Å². The molecule has 1 aliphatic heterocycles. The molecule has 0 saturated carbocycles. The van der Waals surface area contributed by atoms with Gasteiger partial charge >= 0.3 is 0 Å². The summed E-state index contributed by atoms with van der Waals surface area (Å²) in [5, 5.41) is 4.72. The van der Waals surface area contributed by atoms with E-state index in [-0.39, 0.29) is 6.04 Å². The number of nitrogens with zero attached hydrogens (tertiary/aromatic N) is 3. The topological polar surface area (TPSA) is 46.2 Å². The van der Waals surface area contributed by atoms with Crippen LogP contribution < -0.4 is 5.32 Å². The highest BCUT2D eigenvalue weighted by Crippen LogP contribution is 2.29. The molecule has 1 aliphatic rings. The maximum atomic E-state index is 5.93. The Kier molecular flexibility index (Phi) is 3.67. The van der Waals surface area contributed by atoms with E-state index in [9.17, 15) is 0 Å². The number of benzene rings is 1. The van der Waals surface area contributed by atoms with E-state index in [2.05, 4.69) is 45.9 Å². The first-order valence-electron chi connectivity index (χ1n) is 8.13. The van der Waals surface area contributed by atoms with Crippen LogP contribution in [0, 0.1) is 6.92 Å². The number of aryl methyl sites for hydroxylation is 2. The molecule has 0 aliphatic carbocycles. The van der Waals surface area contributed by atoms with Crippen LogP contribution in [0.4, 0.5) is 0 Å². The highest BCUT2D eigenvalue weighted by atomic mass is 16.3. The van der Waals surface area contributed by atoms with Crippen LogP contribution in [0.3, 0.4) is 0 Å². The molecule has 5 heteroatoms. The normalized spacial score (nSPS) is 19.5. The fraction of sp³-hybridized carbons (Fsp3) is 0.389. The quantitative estimate of drug-likeness (QED) is 0.808. The minimum atomic E-state index is 0.289. The van der Waals surface area contributed by atoms with Crippen molar-refractivity contribution in [2.24, 2.45) is 7.05 Å². The highest BCUT2D eigenvalue weighted by Gasteiger charge is 2.28. The summed E-state index contributed by atoms with van der Waals surface area (Å²) in [5.74, 6) is 2.13. The molecule has 0 amide bonds. The van der Waals surface area contributed by atoms with Crippen LogP contribution in [0.15, 0.2) is 41.1 Å². The molecule has 1 N–H and O–H groups in total. The largest absolute Gasteiger partial charge is 0.461 e. The van der Waals surface area contributed by atoms with E-state index in [1.165, 1.54) is 10.9 Å². The van der Waals surface area contributed by atoms with Crippen LogP contribution in [-0.4, -0.2) is 34.1 Å². The van der Waals surface area contributed by atoms with Gasteiger partial charge in [0.2, 0.25) is 0 Å². The van der Waals surface area contributed by atoms with Gasteiger partial charge in [-0.3, -0.25) is 4.90 Å². The molecule has 23 heavy (non-hydrogen) atoms. The van der Waals surface area contributed by atoms with Crippen LogP contribution in [0.1, 0.15) is 23.2 Å². The molecule has 1 aromatic carbocycles. The molecule has 120 valence electrons. The van der Waals surface area contributed by atoms with Gasteiger partial charge in [0, 0.05) is 56.6 Å². The molecular formula is C18H22N4O. The fourth-order valence-electron chi connectivity index (χ4n) is 3.51. The Morgan fingerprint density at radius 2 is 2.22 bits per heavy atom. The lowest BCUT2D eigenvalue weighted by atomic mass is 10.1. The van der Waals surface area contributed by atoms with Crippen molar-refractivity contribution < 1.29 is 4.42 Å². The molecule has 0 spiro atoms. The van der Waals surface area contributed by atoms with Crippen LogP contribution in [0.25, 0.3) is 11.0 Å². The predicted molar refractivity (Wildman–Crippen MR) is 90.2 cm³/mol. The van der Waals surface area contributed by atoms with E-state index in [4.69, 9.17) is 4.42 Å². The monoisotopic (exact) mass is 310 g/mol. The number of hydrogen-bond acceptors (Lipinski definition) is 4. The molecule has 3 aromatic rings. The predicted octanol–water partition coefficient (Wildman–Crippen LogP) is 2.62. The van der Waals surface area contributed by atoms with Gasteiger partial charge < -0.3 is 14.3 Å². The summed E-state index contributed by atoms with van der Waals surface area (Å²) in [4.78, 5) is 7.06. The zero-order valence-corrected chi connectivity index (χ0v) is 13.6. The third-order valence-electron chi connectivity index (χ3n) is 4.77. The molecule has 1 atom stereocenters. The molecule has 0 radical (unpaired) electrons. The molecule has 1 unspecified atom stereocenters. The van der Waals surface area contributed by atoms with Gasteiger partial charge in [-0.2, -0.15) is 0 Å². The van der Waals surface area contributed by atoms with Crippen molar-refractivity contribution in [1.82, 2.24) is 19.8 Å². The van der Waals surface area contributed by atoms with E-state index in [0.29, 0.717) is 0 Å². The number of nitrogens with one attached hydrogen (secondary N) is 1. The number of imidazole rings is 1. The zero-order valence-electron chi connectivity index (χ0n) is 13.6. The van der Waals surface area contributed by atoms with Crippen molar-refractivity contribution >= 4 is 11.0 Å². The number of furan rings is 1. The fourth-order valence-corrected chi connectivity index (χ4v) is 3.51. The van der Waals surface area contributed by atoms with E-state index in [0.717, 1.165) is 43.3 Å². The Bertz CT molecular complexity index is 819. The van der Waals surface area contributed by atoms with Crippen LogP contribution in [0.2, 0.25) is 0 Å². The van der Waals surface area contributed by atoms with Gasteiger partial charge in [0.1, 0.15) is 17.2 Å². The first kappa shape index (κ1) is 14.5. The molecule has 1 fully saturated rings. The van der Waals surface area contributed by atoms with Crippen molar-refractivity contribution in [3.63, 3.8) is 0 Å². The maximum absolute atomic E-state index is 5.93. The van der Waals surface area contributed by atoms with Gasteiger partial charge in [0.05, 0.1) is 6.04 Å². The van der Waals surface area contributed by atoms with Gasteiger partial charge in [-0.05, 0) is 13.0 Å². The number of rotatable bonds is 3. The third kappa shape index (κ3) is 2.56. The lowest BCUT2D eigenvalue weighted by Crippen LogP contribution is -2.46. The van der Waals surface area contributed by atoms with Gasteiger partial charge in [0.25, 0.3) is 0 Å². The van der Waals surface area contributed by atoms with Gasteiger partial charge in [-0.25, -0.2) is 4.98 Å². The van der Waals surface area contributed by atoms with Crippen molar-refractivity contribution in [3.05, 3.63) is 53.8 Å². The van der Waals surface area contributed by atoms with E-state index in [1.54, 1.807) is 0 Å². The number of fused-ring (bicyclic) bond motifs is 1. The highest BCUT2D eigenvalue weighted by molar-refractivity contribution is 5.82. The van der Waals surface area contributed by atoms with Crippen molar-refractivity contribution in [1.29, 1.82) is 0 Å². The van der Waals surface area contributed by atoms with E-state index in [1.807, 2.05) is 24.5 Å². The number of aromatic nitrogens is 2. The third-order valence-corrected chi connectivity index (χ3v) is 4.77. The number of para-hydroxylation sites is 1. The minimum absolute atomic E-state index is 0.289. The van der Waals surface area contributed by atoms with Crippen LogP contribution >= 0.6 is 0 Å². The minimum Gasteiger partial charge on any atom is -0.461 e. The summed E-state index contributed by atoms with van der Waals surface area (Å²) in [5.41, 5.74) is 2.27. The molecule has 1 saturated heterocycles. The average Bonchev–Trinajstić information content (AvgIpc) is 3.12. The van der Waals surface area contributed by atoms with Gasteiger partial charge in [-0.15, -0.1) is 0 Å². The number of hydrogen-bond donors (Lipinski definition) is 1. The van der Waals surface area contributed by atoms with Gasteiger partial charge in [0.15, 0.2) is 0 Å². The first-order valence-corrected chi connectivity index (χ1v) is 8.13. The summed E-state index contributed by atoms with van der Waals surface area (Å²) >= 11 is 0. The van der Waals surface area contributed by atoms with Gasteiger partial charge in [-0.1, -0.05) is 18.2 Å². The van der Waals surface area contributed by atoms with Crippen LogP contribution in [-0.2, 0) is 13.6 Å². The molecule has 2 aromatic heterocycles. The standard InChI is InChI=1S/C18H22N4O/c1-13-15(14-5-3-4-6-17(14)23-13)12-22-10-7-19-11-16(22)18-20-8-9-21(18)2/h3-6,8-9,16,19H,7,10-12H2,1-2H3. The van der Waals surface area contributed by atoms with Crippen LogP contribution in [0.5, 0.6) is 0 Å². The first-order chi connectivity index (χ1) is 11.2. The van der Waals surface area contributed by atoms with E-state index >= 15 is 0 Å². The molecule has 3 heterocycles. The average molecular weight is 310 g/mol. The summed E-state index contributed by atoms with van der Waals surface area (Å²) < 4.78 is 8.04. The zero-order chi connectivity index (χ0) is 15.8. The Morgan fingerprint density at radius 1 is 1.35 bits per heavy atom. The molecule has 5 nitrogen and oxygen atoms in total. The summed E-state index contributed by atoms with van der Waals surface area (Å²) in [7, 11) is 2.06. The lowest BCUT2D eigenvalue weighted by Gasteiger charge is -2.35.